The second-order valence-corrected chi connectivity index (χ2v) is 8.47. The zero-order valence-corrected chi connectivity index (χ0v) is 20.9. The molecule has 3 aromatic rings. The lowest BCUT2D eigenvalue weighted by molar-refractivity contribution is -0.688. The van der Waals surface area contributed by atoms with Gasteiger partial charge < -0.3 is 27.0 Å². The van der Waals surface area contributed by atoms with E-state index in [4.69, 9.17) is 4.74 Å². The fraction of sp³-hybridized carbons (Fsp3) is 0.269. The molecule has 0 radical (unpaired) electrons. The highest BCUT2D eigenvalue weighted by Gasteiger charge is 2.32. The Kier molecular flexibility index (Phi) is 8.04. The molecule has 34 heavy (non-hydrogen) atoms. The van der Waals surface area contributed by atoms with Crippen molar-refractivity contribution in [3.63, 3.8) is 0 Å². The fourth-order valence-corrected chi connectivity index (χ4v) is 4.12. The molecule has 1 N–H and O–H groups in total. The number of nitrogens with one attached hydrogen (secondary N) is 1. The second-order valence-electron chi connectivity index (χ2n) is 8.47. The highest BCUT2D eigenvalue weighted by Crippen LogP contribution is 2.28. The molecule has 1 aliphatic rings. The molecular weight excluding hydrogens is 501 g/mol. The van der Waals surface area contributed by atoms with E-state index in [1.165, 1.54) is 34.6 Å². The van der Waals surface area contributed by atoms with Crippen molar-refractivity contribution in [1.82, 2.24) is 5.32 Å². The Hall–Kier alpha value is -3.26. The van der Waals surface area contributed by atoms with Gasteiger partial charge in [-0.2, -0.15) is 0 Å². The normalized spacial score (nSPS) is 15.0. The number of aromatic nitrogens is 1. The Labute approximate surface area is 209 Å². The molecule has 4 rings (SSSR count). The van der Waals surface area contributed by atoms with Gasteiger partial charge in [0.15, 0.2) is 18.9 Å². The number of aryl methyl sites for hydroxylation is 2. The van der Waals surface area contributed by atoms with Crippen LogP contribution in [0.3, 0.4) is 0 Å². The van der Waals surface area contributed by atoms with Crippen molar-refractivity contribution in [2.45, 2.75) is 33.4 Å². The van der Waals surface area contributed by atoms with Crippen LogP contribution in [0.25, 0.3) is 11.1 Å². The number of hydrogen-bond donors (Lipinski definition) is 1. The molecule has 0 saturated carbocycles. The van der Waals surface area contributed by atoms with E-state index >= 15 is 0 Å². The van der Waals surface area contributed by atoms with Gasteiger partial charge >= 0.3 is 6.09 Å². The summed E-state index contributed by atoms with van der Waals surface area (Å²) in [5, 5.41) is 2.63. The number of pyridine rings is 1. The van der Waals surface area contributed by atoms with Gasteiger partial charge in [0.2, 0.25) is 5.91 Å². The van der Waals surface area contributed by atoms with Gasteiger partial charge in [0.1, 0.15) is 11.9 Å². The molecule has 178 valence electrons. The first-order chi connectivity index (χ1) is 15.8. The van der Waals surface area contributed by atoms with Crippen molar-refractivity contribution in [2.24, 2.45) is 0 Å². The largest absolute Gasteiger partial charge is 1.00 e. The molecule has 2 aromatic carbocycles. The van der Waals surface area contributed by atoms with Gasteiger partial charge in [-0.25, -0.2) is 13.8 Å². The number of cyclic esters (lactones) is 1. The summed E-state index contributed by atoms with van der Waals surface area (Å²) >= 11 is 0. The molecule has 6 nitrogen and oxygen atoms in total. The van der Waals surface area contributed by atoms with Gasteiger partial charge in [-0.1, -0.05) is 17.2 Å². The van der Waals surface area contributed by atoms with Crippen LogP contribution < -0.4 is 31.8 Å². The van der Waals surface area contributed by atoms with Crippen molar-refractivity contribution in [3.05, 3.63) is 83.4 Å². The molecule has 0 aliphatic carbocycles. The summed E-state index contributed by atoms with van der Waals surface area (Å²) in [4.78, 5) is 24.6. The van der Waals surface area contributed by atoms with E-state index in [2.05, 4.69) is 41.9 Å². The number of hydrogen-bond acceptors (Lipinski definition) is 3. The first kappa shape index (κ1) is 25.4. The smallest absolute Gasteiger partial charge is 0.414 e. The van der Waals surface area contributed by atoms with Gasteiger partial charge in [0.25, 0.3) is 0 Å². The summed E-state index contributed by atoms with van der Waals surface area (Å²) in [5.41, 5.74) is 5.31. The van der Waals surface area contributed by atoms with Gasteiger partial charge in [-0.15, -0.1) is 0 Å². The van der Waals surface area contributed by atoms with Crippen LogP contribution in [0.1, 0.15) is 23.6 Å². The maximum atomic E-state index is 15.0. The van der Waals surface area contributed by atoms with Crippen LogP contribution in [0.5, 0.6) is 0 Å². The van der Waals surface area contributed by atoms with Crippen molar-refractivity contribution >= 4 is 17.7 Å². The monoisotopic (exact) mass is 527 g/mol. The molecule has 2 amide bonds. The topological polar surface area (TPSA) is 62.5 Å². The van der Waals surface area contributed by atoms with E-state index in [0.29, 0.717) is 11.3 Å². The lowest BCUT2D eigenvalue weighted by Crippen LogP contribution is -3.00. The van der Waals surface area contributed by atoms with E-state index in [1.54, 1.807) is 12.1 Å². The number of carbonyl (C=O) groups is 2. The van der Waals surface area contributed by atoms with Crippen molar-refractivity contribution < 1.29 is 40.3 Å². The van der Waals surface area contributed by atoms with Crippen molar-refractivity contribution in [3.8, 4) is 11.1 Å². The minimum absolute atomic E-state index is 0. The predicted octanol–water partition coefficient (Wildman–Crippen LogP) is 0.911. The molecule has 0 unspecified atom stereocenters. The van der Waals surface area contributed by atoms with Crippen molar-refractivity contribution in [1.29, 1.82) is 0 Å². The minimum Gasteiger partial charge on any atom is -1.00 e. The van der Waals surface area contributed by atoms with Crippen LogP contribution in [0.15, 0.2) is 60.9 Å². The van der Waals surface area contributed by atoms with Crippen LogP contribution in [0, 0.1) is 19.7 Å². The number of carbonyl (C=O) groups excluding carboxylic acids is 2. The minimum atomic E-state index is -0.551. The molecule has 2 heterocycles. The molecule has 1 aromatic heterocycles. The second kappa shape index (κ2) is 10.8. The lowest BCUT2D eigenvalue weighted by atomic mass is 10.1. The number of ether oxygens (including phenoxy) is 1. The van der Waals surface area contributed by atoms with Crippen LogP contribution in [0.2, 0.25) is 0 Å². The summed E-state index contributed by atoms with van der Waals surface area (Å²) < 4.78 is 22.3. The molecule has 1 aliphatic heterocycles. The number of halogens is 2. The third kappa shape index (κ3) is 5.99. The summed E-state index contributed by atoms with van der Waals surface area (Å²) in [5.74, 6) is -0.615. The highest BCUT2D eigenvalue weighted by molar-refractivity contribution is 5.90. The lowest BCUT2D eigenvalue weighted by Gasteiger charge is -2.14. The Morgan fingerprint density at radius 3 is 2.41 bits per heavy atom. The molecule has 0 bridgehead atoms. The Bertz CT molecular complexity index is 1180. The summed E-state index contributed by atoms with van der Waals surface area (Å²) in [6.07, 6.45) is 2.85. The van der Waals surface area contributed by atoms with E-state index < -0.39 is 18.0 Å². The van der Waals surface area contributed by atoms with Gasteiger partial charge in [0, 0.05) is 30.2 Å². The predicted molar refractivity (Wildman–Crippen MR) is 123 cm³/mol. The van der Waals surface area contributed by atoms with E-state index in [9.17, 15) is 14.0 Å². The SMILES string of the molecule is CC(=O)NC[C@H]1CN(c2ccc(-c3cc[n+](Cc4cc(C)cc(C)c4)cc3)c(F)c2)C(=O)O1.[Br-]. The molecule has 1 saturated heterocycles. The third-order valence-corrected chi connectivity index (χ3v) is 5.57. The van der Waals surface area contributed by atoms with Gasteiger partial charge in [-0.3, -0.25) is 9.69 Å². The quantitative estimate of drug-likeness (QED) is 0.485. The highest BCUT2D eigenvalue weighted by atomic mass is 79.9. The number of anilines is 1. The van der Waals surface area contributed by atoms with E-state index in [0.717, 1.165) is 12.1 Å². The number of benzene rings is 2. The molecule has 8 heteroatoms. The molecule has 0 spiro atoms. The zero-order valence-electron chi connectivity index (χ0n) is 19.3. The average Bonchev–Trinajstić information content (AvgIpc) is 3.13. The molecule has 1 fully saturated rings. The average molecular weight is 528 g/mol. The number of rotatable bonds is 6. The summed E-state index contributed by atoms with van der Waals surface area (Å²) in [7, 11) is 0. The van der Waals surface area contributed by atoms with Crippen LogP contribution in [-0.2, 0) is 16.1 Å². The first-order valence-corrected chi connectivity index (χ1v) is 10.9. The van der Waals surface area contributed by atoms with E-state index in [1.807, 2.05) is 24.5 Å². The van der Waals surface area contributed by atoms with Gasteiger partial charge in [0.05, 0.1) is 18.8 Å². The Morgan fingerprint density at radius 2 is 1.79 bits per heavy atom. The maximum Gasteiger partial charge on any atom is 0.414 e. The van der Waals surface area contributed by atoms with Crippen molar-refractivity contribution in [2.75, 3.05) is 18.0 Å². The molecular formula is C26H27BrFN3O3. The molecule has 1 atom stereocenters. The van der Waals surface area contributed by atoms with Crippen LogP contribution >= 0.6 is 0 Å². The van der Waals surface area contributed by atoms with Crippen LogP contribution in [0.4, 0.5) is 14.9 Å². The summed E-state index contributed by atoms with van der Waals surface area (Å²) in [6.45, 7) is 6.79. The maximum absolute atomic E-state index is 15.0. The first-order valence-electron chi connectivity index (χ1n) is 10.9. The Balaban J connectivity index is 0.00000324. The number of nitrogens with zero attached hydrogens (tertiary/aromatic N) is 2. The third-order valence-electron chi connectivity index (χ3n) is 5.57. The standard InChI is InChI=1S/C26H26FN3O3.BrH/c1-17-10-18(2)12-20(11-17)15-29-8-6-21(7-9-29)24-5-4-22(13-25(24)27)30-16-23(33-26(30)32)14-28-19(3)31;/h4-13,23H,14-16H2,1-3H3;1H/t23-;/m0./s1. The Morgan fingerprint density at radius 1 is 1.12 bits per heavy atom. The summed E-state index contributed by atoms with van der Waals surface area (Å²) in [6, 6.07) is 15.0. The van der Waals surface area contributed by atoms with Gasteiger partial charge in [-0.05, 0) is 49.7 Å². The number of amides is 2. The fourth-order valence-electron chi connectivity index (χ4n) is 4.12. The van der Waals surface area contributed by atoms with E-state index in [-0.39, 0.29) is 36.0 Å². The van der Waals surface area contributed by atoms with Crippen LogP contribution in [-0.4, -0.2) is 31.2 Å². The zero-order chi connectivity index (χ0) is 23.5.